The van der Waals surface area contributed by atoms with Gasteiger partial charge in [0.1, 0.15) is 0 Å². The van der Waals surface area contributed by atoms with Crippen LogP contribution in [0.15, 0.2) is 24.3 Å². The van der Waals surface area contributed by atoms with E-state index in [1.807, 2.05) is 6.08 Å². The molecule has 0 aliphatic rings. The van der Waals surface area contributed by atoms with Gasteiger partial charge in [-0.2, -0.15) is 0 Å². The van der Waals surface area contributed by atoms with Gasteiger partial charge in [0.15, 0.2) is 0 Å². The summed E-state index contributed by atoms with van der Waals surface area (Å²) >= 11 is 0. The van der Waals surface area contributed by atoms with E-state index in [0.717, 1.165) is 25.7 Å². The number of carbonyl (C=O) groups is 1. The lowest BCUT2D eigenvalue weighted by Crippen LogP contribution is -2.45. The van der Waals surface area contributed by atoms with Gasteiger partial charge in [-0.25, -0.2) is 0 Å². The first-order chi connectivity index (χ1) is 15.7. The zero-order valence-corrected chi connectivity index (χ0v) is 21.2. The van der Waals surface area contributed by atoms with Crippen LogP contribution in [-0.2, 0) is 4.79 Å². The first-order valence-corrected chi connectivity index (χ1v) is 13.6. The zero-order valence-electron chi connectivity index (χ0n) is 21.2. The first-order valence-electron chi connectivity index (χ1n) is 13.6. The monoisotopic (exact) mass is 451 g/mol. The van der Waals surface area contributed by atoms with Crippen molar-refractivity contribution < 1.29 is 15.0 Å². The van der Waals surface area contributed by atoms with Gasteiger partial charge < -0.3 is 15.5 Å². The summed E-state index contributed by atoms with van der Waals surface area (Å²) in [6.07, 6.45) is 28.7. The van der Waals surface area contributed by atoms with Crippen LogP contribution in [0.4, 0.5) is 0 Å². The fourth-order valence-corrected chi connectivity index (χ4v) is 3.76. The normalized spacial score (nSPS) is 13.8. The summed E-state index contributed by atoms with van der Waals surface area (Å²) in [7, 11) is 0. The van der Waals surface area contributed by atoms with Gasteiger partial charge in [-0.3, -0.25) is 4.79 Å². The highest BCUT2D eigenvalue weighted by molar-refractivity contribution is 5.76. The van der Waals surface area contributed by atoms with Crippen LogP contribution < -0.4 is 5.32 Å². The number of amides is 1. The number of unbranched alkanes of at least 4 members (excludes halogenated alkanes) is 14. The molecule has 0 aliphatic heterocycles. The fraction of sp³-hybridized carbons (Fsp3) is 0.821. The second-order valence-corrected chi connectivity index (χ2v) is 9.11. The number of hydrogen-bond donors (Lipinski definition) is 3. The minimum Gasteiger partial charge on any atom is -0.394 e. The molecule has 4 nitrogen and oxygen atoms in total. The topological polar surface area (TPSA) is 69.6 Å². The van der Waals surface area contributed by atoms with E-state index in [0.29, 0.717) is 6.42 Å². The number of nitrogens with one attached hydrogen (secondary N) is 1. The Morgan fingerprint density at radius 1 is 0.719 bits per heavy atom. The molecule has 0 aromatic heterocycles. The van der Waals surface area contributed by atoms with Gasteiger partial charge in [0.25, 0.3) is 0 Å². The Morgan fingerprint density at radius 3 is 1.78 bits per heavy atom. The smallest absolute Gasteiger partial charge is 0.220 e. The molecule has 0 spiro atoms. The van der Waals surface area contributed by atoms with Gasteiger partial charge in [0.05, 0.1) is 18.8 Å². The van der Waals surface area contributed by atoms with Gasteiger partial charge in [-0.15, -0.1) is 0 Å². The third kappa shape index (κ3) is 20.8. The van der Waals surface area contributed by atoms with Crippen LogP contribution >= 0.6 is 0 Å². The van der Waals surface area contributed by atoms with Crippen molar-refractivity contribution in [1.29, 1.82) is 0 Å². The molecule has 0 aromatic rings. The number of rotatable bonds is 23. The van der Waals surface area contributed by atoms with Crippen LogP contribution in [0.3, 0.4) is 0 Å². The minimum absolute atomic E-state index is 0.0836. The number of carbonyl (C=O) groups excluding carboxylic acids is 1. The molecule has 0 rings (SSSR count). The molecule has 0 saturated heterocycles. The van der Waals surface area contributed by atoms with Gasteiger partial charge in [0.2, 0.25) is 5.91 Å². The van der Waals surface area contributed by atoms with E-state index in [4.69, 9.17) is 0 Å². The zero-order chi connectivity index (χ0) is 23.7. The van der Waals surface area contributed by atoms with Crippen LogP contribution in [0.25, 0.3) is 0 Å². The summed E-state index contributed by atoms with van der Waals surface area (Å²) in [5.41, 5.74) is 0. The molecule has 1 amide bonds. The second kappa shape index (κ2) is 24.5. The van der Waals surface area contributed by atoms with E-state index in [-0.39, 0.29) is 12.5 Å². The van der Waals surface area contributed by atoms with Crippen molar-refractivity contribution in [1.82, 2.24) is 5.32 Å². The Morgan fingerprint density at radius 2 is 1.25 bits per heavy atom. The maximum Gasteiger partial charge on any atom is 0.220 e. The Balaban J connectivity index is 3.52. The van der Waals surface area contributed by atoms with E-state index in [1.165, 1.54) is 83.5 Å². The average molecular weight is 452 g/mol. The fourth-order valence-electron chi connectivity index (χ4n) is 3.76. The van der Waals surface area contributed by atoms with Crippen LogP contribution in [0.1, 0.15) is 129 Å². The number of hydrogen-bond acceptors (Lipinski definition) is 3. The van der Waals surface area contributed by atoms with Gasteiger partial charge in [-0.1, -0.05) is 109 Å². The third-order valence-electron chi connectivity index (χ3n) is 5.91. The average Bonchev–Trinajstić information content (AvgIpc) is 2.79. The molecule has 0 aromatic carbocycles. The minimum atomic E-state index is -0.833. The number of aliphatic hydroxyl groups is 2. The van der Waals surface area contributed by atoms with E-state index >= 15 is 0 Å². The molecule has 0 radical (unpaired) electrons. The summed E-state index contributed by atoms with van der Waals surface area (Å²) in [6, 6.07) is -0.615. The predicted octanol–water partition coefficient (Wildman–Crippen LogP) is 7.00. The van der Waals surface area contributed by atoms with Crippen molar-refractivity contribution in [3.63, 3.8) is 0 Å². The van der Waals surface area contributed by atoms with Crippen molar-refractivity contribution in [2.75, 3.05) is 6.61 Å². The molecule has 32 heavy (non-hydrogen) atoms. The third-order valence-corrected chi connectivity index (χ3v) is 5.91. The highest BCUT2D eigenvalue weighted by atomic mass is 16.3. The molecule has 0 saturated carbocycles. The Bertz CT molecular complexity index is 462. The summed E-state index contributed by atoms with van der Waals surface area (Å²) < 4.78 is 0. The lowest BCUT2D eigenvalue weighted by atomic mass is 10.1. The molecule has 4 heteroatoms. The largest absolute Gasteiger partial charge is 0.394 e. The summed E-state index contributed by atoms with van der Waals surface area (Å²) in [6.45, 7) is 4.08. The molecule has 188 valence electrons. The maximum absolute atomic E-state index is 12.0. The van der Waals surface area contributed by atoms with Gasteiger partial charge in [-0.05, 0) is 38.5 Å². The predicted molar refractivity (Wildman–Crippen MR) is 138 cm³/mol. The SMILES string of the molecule is CCC/C=C/C(O)C(CO)NC(=O)CCCCCCCCC/C=C\CCCCCCCC. The summed E-state index contributed by atoms with van der Waals surface area (Å²) in [5, 5.41) is 22.2. The Hall–Kier alpha value is -1.13. The molecule has 2 unspecified atom stereocenters. The Labute approximate surface area is 199 Å². The molecule has 0 heterocycles. The van der Waals surface area contributed by atoms with E-state index < -0.39 is 12.1 Å². The molecular formula is C28H53NO3. The van der Waals surface area contributed by atoms with Crippen LogP contribution in [-0.4, -0.2) is 34.9 Å². The molecular weight excluding hydrogens is 398 g/mol. The van der Waals surface area contributed by atoms with Crippen molar-refractivity contribution in [2.24, 2.45) is 0 Å². The van der Waals surface area contributed by atoms with E-state index in [2.05, 4.69) is 31.3 Å². The number of aliphatic hydroxyl groups excluding tert-OH is 2. The van der Waals surface area contributed by atoms with Crippen LogP contribution in [0.2, 0.25) is 0 Å². The first kappa shape index (κ1) is 30.9. The number of allylic oxidation sites excluding steroid dienone is 3. The summed E-state index contributed by atoms with van der Waals surface area (Å²) in [4.78, 5) is 12.0. The molecule has 2 atom stereocenters. The maximum atomic E-state index is 12.0. The molecule has 0 fully saturated rings. The highest BCUT2D eigenvalue weighted by Crippen LogP contribution is 2.11. The molecule has 0 bridgehead atoms. The lowest BCUT2D eigenvalue weighted by molar-refractivity contribution is -0.123. The van der Waals surface area contributed by atoms with Gasteiger partial charge in [0, 0.05) is 6.42 Å². The summed E-state index contributed by atoms with van der Waals surface area (Å²) in [5.74, 6) is -0.0836. The van der Waals surface area contributed by atoms with Crippen molar-refractivity contribution in [3.05, 3.63) is 24.3 Å². The highest BCUT2D eigenvalue weighted by Gasteiger charge is 2.17. The van der Waals surface area contributed by atoms with Gasteiger partial charge >= 0.3 is 0 Å². The van der Waals surface area contributed by atoms with E-state index in [1.54, 1.807) is 6.08 Å². The van der Waals surface area contributed by atoms with Crippen molar-refractivity contribution in [2.45, 2.75) is 142 Å². The van der Waals surface area contributed by atoms with Crippen molar-refractivity contribution in [3.8, 4) is 0 Å². The molecule has 3 N–H and O–H groups in total. The lowest BCUT2D eigenvalue weighted by Gasteiger charge is -2.19. The van der Waals surface area contributed by atoms with Crippen LogP contribution in [0.5, 0.6) is 0 Å². The Kier molecular flexibility index (Phi) is 23.6. The standard InChI is InChI=1S/C28H53NO3/c1-3-5-7-8-9-10-11-12-13-14-15-16-17-18-19-20-22-24-28(32)29-26(25-30)27(31)23-21-6-4-2/h12-13,21,23,26-27,30-31H,3-11,14-20,22,24-25H2,1-2H3,(H,29,32)/b13-12-,23-21+. The van der Waals surface area contributed by atoms with E-state index in [9.17, 15) is 15.0 Å². The van der Waals surface area contributed by atoms with Crippen LogP contribution in [0, 0.1) is 0 Å². The van der Waals surface area contributed by atoms with Crippen molar-refractivity contribution >= 4 is 5.91 Å². The molecule has 0 aliphatic carbocycles. The quantitative estimate of drug-likeness (QED) is 0.116. The second-order valence-electron chi connectivity index (χ2n) is 9.11.